The Morgan fingerprint density at radius 3 is 2.50 bits per heavy atom. The predicted molar refractivity (Wildman–Crippen MR) is 83.5 cm³/mol. The van der Waals surface area contributed by atoms with Crippen LogP contribution in [0.25, 0.3) is 0 Å². The van der Waals surface area contributed by atoms with Gasteiger partial charge in [0.25, 0.3) is 0 Å². The van der Waals surface area contributed by atoms with Gasteiger partial charge in [-0.3, -0.25) is 4.79 Å². The van der Waals surface area contributed by atoms with E-state index >= 15 is 0 Å². The van der Waals surface area contributed by atoms with Gasteiger partial charge < -0.3 is 12.4 Å². The number of benzene rings is 1. The summed E-state index contributed by atoms with van der Waals surface area (Å²) in [7, 11) is 0. The molecule has 2 rings (SSSR count). The van der Waals surface area contributed by atoms with Crippen LogP contribution >= 0.6 is 23.2 Å². The van der Waals surface area contributed by atoms with Gasteiger partial charge in [-0.15, -0.1) is 0 Å². The summed E-state index contributed by atoms with van der Waals surface area (Å²) in [6, 6.07) is 10.8. The summed E-state index contributed by atoms with van der Waals surface area (Å²) in [6.45, 7) is 1.99. The van der Waals surface area contributed by atoms with Gasteiger partial charge in [-0.1, -0.05) is 35.3 Å². The molecule has 0 bridgehead atoms. The maximum Gasteiger partial charge on any atom is 0.305 e. The van der Waals surface area contributed by atoms with Crippen molar-refractivity contribution in [2.75, 3.05) is 0 Å². The molecule has 0 unspecified atom stereocenters. The van der Waals surface area contributed by atoms with Crippen molar-refractivity contribution in [1.82, 2.24) is 5.43 Å². The second-order valence-electron chi connectivity index (χ2n) is 4.41. The minimum atomic E-state index is -0.203. The van der Waals surface area contributed by atoms with Crippen LogP contribution < -0.4 is 22.4 Å². The second-order valence-corrected chi connectivity index (χ2v) is 5.22. The predicted octanol–water partition coefficient (Wildman–Crippen LogP) is -0.175. The average molecular weight is 359 g/mol. The monoisotopic (exact) mass is 357 g/mol. The van der Waals surface area contributed by atoms with Crippen LogP contribution in [0.3, 0.4) is 0 Å². The molecule has 0 saturated carbocycles. The molecule has 1 aromatic heterocycles. The van der Waals surface area contributed by atoms with Gasteiger partial charge >= 0.3 is 5.91 Å². The van der Waals surface area contributed by atoms with E-state index in [9.17, 15) is 4.79 Å². The molecule has 22 heavy (non-hydrogen) atoms. The third-order valence-electron chi connectivity index (χ3n) is 2.79. The Labute approximate surface area is 145 Å². The third kappa shape index (κ3) is 5.30. The summed E-state index contributed by atoms with van der Waals surface area (Å²) in [5.41, 5.74) is 3.97. The van der Waals surface area contributed by atoms with E-state index in [4.69, 9.17) is 23.2 Å². The molecule has 0 atom stereocenters. The SMILES string of the molecule is C/C(=N/NC(=O)C[n+]1ccccc1)c1ccc(Cl)c(Cl)c1.[Cl-]. The molecule has 116 valence electrons. The van der Waals surface area contributed by atoms with E-state index in [2.05, 4.69) is 10.5 Å². The number of halogens is 3. The smallest absolute Gasteiger partial charge is 0.305 e. The summed E-state index contributed by atoms with van der Waals surface area (Å²) >= 11 is 11.8. The number of aromatic nitrogens is 1. The number of rotatable bonds is 4. The summed E-state index contributed by atoms with van der Waals surface area (Å²) < 4.78 is 1.76. The summed E-state index contributed by atoms with van der Waals surface area (Å²) in [5, 5.41) is 5.00. The largest absolute Gasteiger partial charge is 1.00 e. The maximum absolute atomic E-state index is 11.8. The number of pyridine rings is 1. The van der Waals surface area contributed by atoms with Crippen LogP contribution in [0.15, 0.2) is 53.9 Å². The molecule has 0 aliphatic rings. The van der Waals surface area contributed by atoms with Crippen molar-refractivity contribution in [2.45, 2.75) is 13.5 Å². The molecule has 0 saturated heterocycles. The van der Waals surface area contributed by atoms with Crippen LogP contribution in [0, 0.1) is 0 Å². The number of nitrogens with zero attached hydrogens (tertiary/aromatic N) is 2. The molecule has 1 amide bonds. The van der Waals surface area contributed by atoms with Crippen LogP contribution in [0.4, 0.5) is 0 Å². The van der Waals surface area contributed by atoms with E-state index < -0.39 is 0 Å². The lowest BCUT2D eigenvalue weighted by atomic mass is 10.1. The van der Waals surface area contributed by atoms with Gasteiger partial charge in [0.1, 0.15) is 0 Å². The molecule has 4 nitrogen and oxygen atoms in total. The van der Waals surface area contributed by atoms with Crippen LogP contribution in [0.1, 0.15) is 12.5 Å². The molecule has 7 heteroatoms. The zero-order valence-electron chi connectivity index (χ0n) is 11.8. The Morgan fingerprint density at radius 1 is 1.18 bits per heavy atom. The highest BCUT2D eigenvalue weighted by molar-refractivity contribution is 6.42. The first-order valence-corrected chi connectivity index (χ1v) is 7.04. The lowest BCUT2D eigenvalue weighted by molar-refractivity contribution is -0.684. The molecule has 1 aromatic carbocycles. The Kier molecular flexibility index (Phi) is 7.32. The van der Waals surface area contributed by atoms with Gasteiger partial charge in [0.15, 0.2) is 12.4 Å². The highest BCUT2D eigenvalue weighted by Gasteiger charge is 2.08. The summed E-state index contributed by atoms with van der Waals surface area (Å²) in [4.78, 5) is 11.8. The first-order valence-electron chi connectivity index (χ1n) is 6.29. The molecular weight excluding hydrogens is 345 g/mol. The van der Waals surface area contributed by atoms with Crippen molar-refractivity contribution >= 4 is 34.8 Å². The van der Waals surface area contributed by atoms with E-state index in [1.54, 1.807) is 29.7 Å². The molecule has 0 aliphatic carbocycles. The average Bonchev–Trinajstić information content (AvgIpc) is 2.48. The lowest BCUT2D eigenvalue weighted by Gasteiger charge is -2.03. The number of carbonyl (C=O) groups excluding carboxylic acids is 1. The summed E-state index contributed by atoms with van der Waals surface area (Å²) in [5.74, 6) is -0.203. The zero-order valence-corrected chi connectivity index (χ0v) is 14.0. The van der Waals surface area contributed by atoms with E-state index in [-0.39, 0.29) is 24.9 Å². The minimum absolute atomic E-state index is 0. The van der Waals surface area contributed by atoms with Gasteiger partial charge in [0, 0.05) is 12.1 Å². The van der Waals surface area contributed by atoms with Crippen molar-refractivity contribution in [3.63, 3.8) is 0 Å². The molecule has 1 N–H and O–H groups in total. The number of hydrazone groups is 1. The Hall–Kier alpha value is -1.62. The standard InChI is InChI=1S/C15H13Cl2N3O.ClH/c1-11(12-5-6-13(16)14(17)9-12)18-19-15(21)10-20-7-3-2-4-8-20;/h2-9H,10H2,1H3;1H/b18-11-;. The first-order chi connectivity index (χ1) is 10.1. The van der Waals surface area contributed by atoms with E-state index in [0.717, 1.165) is 5.56 Å². The van der Waals surface area contributed by atoms with Crippen molar-refractivity contribution in [3.8, 4) is 0 Å². The number of amides is 1. The topological polar surface area (TPSA) is 45.3 Å². The molecule has 0 fully saturated rings. The Morgan fingerprint density at radius 2 is 1.86 bits per heavy atom. The fourth-order valence-corrected chi connectivity index (χ4v) is 1.97. The molecule has 0 aliphatic heterocycles. The molecule has 0 radical (unpaired) electrons. The van der Waals surface area contributed by atoms with E-state index in [0.29, 0.717) is 15.8 Å². The van der Waals surface area contributed by atoms with Crippen LogP contribution in [-0.2, 0) is 11.3 Å². The number of hydrogen-bond acceptors (Lipinski definition) is 2. The normalized spacial score (nSPS) is 10.8. The fraction of sp³-hybridized carbons (Fsp3) is 0.133. The molecule has 2 aromatic rings. The van der Waals surface area contributed by atoms with Crippen molar-refractivity contribution < 1.29 is 21.8 Å². The van der Waals surface area contributed by atoms with Crippen LogP contribution in [0.2, 0.25) is 10.0 Å². The minimum Gasteiger partial charge on any atom is -1.00 e. The van der Waals surface area contributed by atoms with E-state index in [1.807, 2.05) is 30.6 Å². The van der Waals surface area contributed by atoms with Crippen LogP contribution in [-0.4, -0.2) is 11.6 Å². The Bertz CT molecular complexity index is 675. The van der Waals surface area contributed by atoms with Crippen molar-refractivity contribution in [3.05, 3.63) is 64.4 Å². The van der Waals surface area contributed by atoms with Crippen molar-refractivity contribution in [1.29, 1.82) is 0 Å². The van der Waals surface area contributed by atoms with Gasteiger partial charge in [-0.05, 0) is 24.6 Å². The number of carbonyl (C=O) groups is 1. The quantitative estimate of drug-likeness (QED) is 0.460. The highest BCUT2D eigenvalue weighted by atomic mass is 35.5. The maximum atomic E-state index is 11.8. The molecule has 1 heterocycles. The van der Waals surface area contributed by atoms with Gasteiger partial charge in [0.05, 0.1) is 15.8 Å². The van der Waals surface area contributed by atoms with Gasteiger partial charge in [0.2, 0.25) is 6.54 Å². The third-order valence-corrected chi connectivity index (χ3v) is 3.53. The number of hydrogen-bond donors (Lipinski definition) is 1. The zero-order chi connectivity index (χ0) is 15.2. The Balaban J connectivity index is 0.00000242. The summed E-state index contributed by atoms with van der Waals surface area (Å²) in [6.07, 6.45) is 3.63. The van der Waals surface area contributed by atoms with Crippen LogP contribution in [0.5, 0.6) is 0 Å². The number of nitrogens with one attached hydrogen (secondary N) is 1. The molecule has 0 spiro atoms. The highest BCUT2D eigenvalue weighted by Crippen LogP contribution is 2.22. The second kappa shape index (κ2) is 8.73. The lowest BCUT2D eigenvalue weighted by Crippen LogP contribution is -3.00. The van der Waals surface area contributed by atoms with E-state index in [1.165, 1.54) is 0 Å². The molecular formula is C15H14Cl3N3O. The first kappa shape index (κ1) is 18.4. The van der Waals surface area contributed by atoms with Gasteiger partial charge in [-0.2, -0.15) is 9.67 Å². The van der Waals surface area contributed by atoms with Crippen molar-refractivity contribution in [2.24, 2.45) is 5.10 Å². The van der Waals surface area contributed by atoms with Gasteiger partial charge in [-0.25, -0.2) is 5.43 Å². The fourth-order valence-electron chi connectivity index (χ4n) is 1.67.